The third-order valence-electron chi connectivity index (χ3n) is 6.61. The number of ether oxygens (including phenoxy) is 1. The molecule has 0 saturated heterocycles. The van der Waals surface area contributed by atoms with E-state index in [-0.39, 0.29) is 75.6 Å². The van der Waals surface area contributed by atoms with Crippen LogP contribution in [0.15, 0.2) is 33.6 Å². The molecule has 9 N–H and O–H groups in total. The van der Waals surface area contributed by atoms with Gasteiger partial charge < -0.3 is 46.9 Å². The fourth-order valence-electron chi connectivity index (χ4n) is 3.84. The van der Waals surface area contributed by atoms with E-state index in [1.54, 1.807) is 34.6 Å². The van der Waals surface area contributed by atoms with Gasteiger partial charge >= 0.3 is 6.09 Å². The Morgan fingerprint density at radius 3 is 1.42 bits per heavy atom. The minimum Gasteiger partial charge on any atom is -0.444 e. The average Bonchev–Trinajstić information content (AvgIpc) is 3.73. The molecule has 0 fully saturated rings. The van der Waals surface area contributed by atoms with Gasteiger partial charge in [0.2, 0.25) is 5.24 Å². The third kappa shape index (κ3) is 17.3. The molecule has 0 aliphatic rings. The van der Waals surface area contributed by atoms with Gasteiger partial charge in [0.15, 0.2) is 34.5 Å². The minimum atomic E-state index is -0.624. The van der Waals surface area contributed by atoms with Gasteiger partial charge in [-0.2, -0.15) is 0 Å². The van der Waals surface area contributed by atoms with Crippen molar-refractivity contribution >= 4 is 82.6 Å². The smallest absolute Gasteiger partial charge is 0.408 e. The fraction of sp³-hybridized carbons (Fsp3) is 0.486. The van der Waals surface area contributed by atoms with Crippen LogP contribution < -0.4 is 33.2 Å². The lowest BCUT2D eigenvalue weighted by Crippen LogP contribution is -2.33. The lowest BCUT2D eigenvalue weighted by molar-refractivity contribution is -0.109. The number of hydrogen-bond donors (Lipinski definition) is 6. The zero-order valence-corrected chi connectivity index (χ0v) is 36.3. The third-order valence-corrected chi connectivity index (χ3v) is 6.61. The molecule has 57 heavy (non-hydrogen) atoms. The molecule has 4 aromatic heterocycles. The second-order valence-electron chi connectivity index (χ2n) is 15.2. The molecule has 316 valence electrons. The van der Waals surface area contributed by atoms with Crippen molar-refractivity contribution in [1.29, 1.82) is 0 Å². The Balaban J connectivity index is 0.000001000. The van der Waals surface area contributed by atoms with Gasteiger partial charge in [0.25, 0.3) is 11.8 Å². The first-order valence-corrected chi connectivity index (χ1v) is 17.3. The molecule has 0 bridgehead atoms. The van der Waals surface area contributed by atoms with Crippen molar-refractivity contribution in [2.45, 2.75) is 112 Å². The second-order valence-corrected chi connectivity index (χ2v) is 15.8. The Bertz CT molecular complexity index is 1960. The van der Waals surface area contributed by atoms with Gasteiger partial charge in [0.05, 0.1) is 24.5 Å². The lowest BCUT2D eigenvalue weighted by atomic mass is 9.96. The number of nitrogens with one attached hydrogen (secondary N) is 3. The van der Waals surface area contributed by atoms with Crippen molar-refractivity contribution in [3.63, 3.8) is 0 Å². The topological polar surface area (TPSA) is 295 Å². The quantitative estimate of drug-likeness (QED) is 0.109. The SMILES string of the molecule is CC(=O)Cl.C[C@@H](N)c1cc(C(=O)Nc2cnc(C(C)(C)C)nc2N)no1.C[C@@H](NC(=O)OC(C)(C)C)c1cc(C(=O)Nc2cnc(C(C)(C)C)nc2N)no1.Cl.Cl. The first kappa shape index (κ1) is 51.9. The number of carbonyl (C=O) groups is 4. The van der Waals surface area contributed by atoms with Gasteiger partial charge in [-0.25, -0.2) is 24.7 Å². The van der Waals surface area contributed by atoms with E-state index in [2.05, 4.69) is 57.8 Å². The van der Waals surface area contributed by atoms with Gasteiger partial charge in [0.1, 0.15) is 28.6 Å². The van der Waals surface area contributed by atoms with Crippen molar-refractivity contribution in [1.82, 2.24) is 35.6 Å². The number of rotatable bonds is 7. The summed E-state index contributed by atoms with van der Waals surface area (Å²) in [5.41, 5.74) is 17.1. The van der Waals surface area contributed by atoms with Crippen LogP contribution >= 0.6 is 36.4 Å². The van der Waals surface area contributed by atoms with Gasteiger partial charge in [-0.15, -0.1) is 24.8 Å². The molecule has 19 nitrogen and oxygen atoms in total. The molecule has 0 aromatic carbocycles. The summed E-state index contributed by atoms with van der Waals surface area (Å²) in [5, 5.41) is 14.9. The van der Waals surface area contributed by atoms with Crippen LogP contribution in [0, 0.1) is 0 Å². The standard InChI is InChI=1S/C19H28N6O4.C14H20N6O2.C2H3ClO.2ClH/c1-10(22-17(27)28-19(5,6)7)13-8-11(25-29-13)15(26)23-12-9-21-16(18(2,3)4)24-14(12)20;1-7(15)10-5-8(20-22-10)12(21)18-9-6-17-13(14(2,3)4)19-11(9)16;1-2(3)4;;/h8-10H,1-7H3,(H,22,27)(H,23,26)(H2,20,21,24);5-7H,15H2,1-4H3,(H,18,21)(H2,16,17,19);1H3;2*1H/t10-;7-;;;/m11.../s1. The van der Waals surface area contributed by atoms with Crippen LogP contribution in [0.4, 0.5) is 27.8 Å². The Hall–Kier alpha value is -5.11. The summed E-state index contributed by atoms with van der Waals surface area (Å²) in [5.74, 6) is 1.25. The first-order valence-electron chi connectivity index (χ1n) is 16.9. The van der Waals surface area contributed by atoms with Crippen LogP contribution in [-0.4, -0.2) is 59.0 Å². The van der Waals surface area contributed by atoms with E-state index in [0.717, 1.165) is 0 Å². The molecular weight excluding hydrogens is 807 g/mol. The molecule has 0 aliphatic carbocycles. The van der Waals surface area contributed by atoms with Crippen molar-refractivity contribution in [3.05, 3.63) is 59.1 Å². The van der Waals surface area contributed by atoms with Crippen LogP contribution in [0.2, 0.25) is 0 Å². The van der Waals surface area contributed by atoms with Crippen LogP contribution in [-0.2, 0) is 20.4 Å². The van der Waals surface area contributed by atoms with E-state index in [1.165, 1.54) is 31.5 Å². The summed E-state index contributed by atoms with van der Waals surface area (Å²) in [6, 6.07) is 2.03. The number of nitrogens with zero attached hydrogens (tertiary/aromatic N) is 6. The highest BCUT2D eigenvalue weighted by atomic mass is 35.5. The van der Waals surface area contributed by atoms with Gasteiger partial charge in [-0.3, -0.25) is 14.4 Å². The molecule has 22 heteroatoms. The summed E-state index contributed by atoms with van der Waals surface area (Å²) >= 11 is 4.64. The largest absolute Gasteiger partial charge is 0.444 e. The summed E-state index contributed by atoms with van der Waals surface area (Å²) in [4.78, 5) is 62.5. The van der Waals surface area contributed by atoms with Crippen molar-refractivity contribution < 1.29 is 33.0 Å². The van der Waals surface area contributed by atoms with Crippen molar-refractivity contribution in [2.75, 3.05) is 22.1 Å². The highest BCUT2D eigenvalue weighted by molar-refractivity contribution is 6.62. The van der Waals surface area contributed by atoms with Crippen LogP contribution in [0.1, 0.15) is 139 Å². The van der Waals surface area contributed by atoms with E-state index in [4.69, 9.17) is 31.0 Å². The summed E-state index contributed by atoms with van der Waals surface area (Å²) in [6.45, 7) is 21.8. The van der Waals surface area contributed by atoms with E-state index < -0.39 is 29.6 Å². The number of halogens is 3. The number of nitrogens with two attached hydrogens (primary N) is 3. The molecule has 0 saturated carbocycles. The number of aromatic nitrogens is 6. The fourth-order valence-corrected chi connectivity index (χ4v) is 3.84. The minimum absolute atomic E-state index is 0. The molecule has 0 spiro atoms. The van der Waals surface area contributed by atoms with Crippen LogP contribution in [0.3, 0.4) is 0 Å². The highest BCUT2D eigenvalue weighted by Gasteiger charge is 2.24. The van der Waals surface area contributed by atoms with Gasteiger partial charge in [-0.1, -0.05) is 51.9 Å². The molecule has 0 aliphatic heterocycles. The molecule has 3 amide bonds. The normalized spacial score (nSPS) is 12.0. The number of carbonyl (C=O) groups excluding carboxylic acids is 4. The summed E-state index contributed by atoms with van der Waals surface area (Å²) < 4.78 is 15.3. The van der Waals surface area contributed by atoms with Crippen LogP contribution in [0.25, 0.3) is 0 Å². The van der Waals surface area contributed by atoms with E-state index in [1.807, 2.05) is 41.5 Å². The maximum absolute atomic E-state index is 12.4. The average molecular weight is 860 g/mol. The molecule has 2 atom stereocenters. The van der Waals surface area contributed by atoms with Crippen molar-refractivity contribution in [3.8, 4) is 0 Å². The van der Waals surface area contributed by atoms with E-state index in [9.17, 15) is 19.2 Å². The van der Waals surface area contributed by atoms with E-state index >= 15 is 0 Å². The van der Waals surface area contributed by atoms with Crippen molar-refractivity contribution in [2.24, 2.45) is 5.73 Å². The number of nitrogen functional groups attached to an aromatic ring is 2. The molecule has 4 heterocycles. The predicted molar refractivity (Wildman–Crippen MR) is 221 cm³/mol. The molecule has 4 aromatic rings. The number of alkyl carbamates (subject to hydrolysis) is 1. The van der Waals surface area contributed by atoms with Crippen LogP contribution in [0.5, 0.6) is 0 Å². The maximum atomic E-state index is 12.4. The summed E-state index contributed by atoms with van der Waals surface area (Å²) in [6.07, 6.45) is 2.33. The number of amides is 3. The Morgan fingerprint density at radius 1 is 0.737 bits per heavy atom. The second kappa shape index (κ2) is 21.4. The predicted octanol–water partition coefficient (Wildman–Crippen LogP) is 6.41. The highest BCUT2D eigenvalue weighted by Crippen LogP contribution is 2.25. The lowest BCUT2D eigenvalue weighted by Gasteiger charge is -2.21. The molecular formula is C35H53Cl3N12O7. The molecule has 0 radical (unpaired) electrons. The zero-order valence-electron chi connectivity index (χ0n) is 33.9. The van der Waals surface area contributed by atoms with Gasteiger partial charge in [0, 0.05) is 29.9 Å². The summed E-state index contributed by atoms with van der Waals surface area (Å²) in [7, 11) is 0. The number of anilines is 4. The Kier molecular flexibility index (Phi) is 19.5. The zero-order chi connectivity index (χ0) is 42.1. The van der Waals surface area contributed by atoms with Gasteiger partial charge in [-0.05, 0) is 46.2 Å². The molecule has 4 rings (SSSR count). The maximum Gasteiger partial charge on any atom is 0.408 e. The monoisotopic (exact) mass is 858 g/mol. The number of hydrogen-bond acceptors (Lipinski definition) is 16. The Morgan fingerprint density at radius 2 is 1.11 bits per heavy atom. The van der Waals surface area contributed by atoms with E-state index in [0.29, 0.717) is 28.9 Å². The first-order chi connectivity index (χ1) is 25.2. The Labute approximate surface area is 348 Å². The molecule has 0 unspecified atom stereocenters.